The quantitative estimate of drug-likeness (QED) is 0.393. The fraction of sp³-hybridized carbons (Fsp3) is 0.333. The fourth-order valence-electron chi connectivity index (χ4n) is 2.03. The first kappa shape index (κ1) is 15.4. The molecule has 1 N–H and O–H groups in total. The molecule has 0 radical (unpaired) electrons. The van der Waals surface area contributed by atoms with Gasteiger partial charge in [0.05, 0.1) is 5.88 Å². The highest BCUT2D eigenvalue weighted by Gasteiger charge is 2.39. The van der Waals surface area contributed by atoms with Crippen molar-refractivity contribution < 1.29 is 24.2 Å². The van der Waals surface area contributed by atoms with Gasteiger partial charge in [-0.3, -0.25) is 0 Å². The van der Waals surface area contributed by atoms with Crippen LogP contribution in [0.25, 0.3) is 6.08 Å². The van der Waals surface area contributed by atoms with Crippen LogP contribution in [-0.2, 0) is 24.9 Å². The van der Waals surface area contributed by atoms with E-state index in [1.165, 1.54) is 19.9 Å². The van der Waals surface area contributed by atoms with Crippen LogP contribution >= 0.6 is 11.6 Å². The van der Waals surface area contributed by atoms with Gasteiger partial charge in [-0.15, -0.1) is 11.6 Å². The van der Waals surface area contributed by atoms with E-state index in [1.54, 1.807) is 12.1 Å². The van der Waals surface area contributed by atoms with E-state index in [9.17, 15) is 14.7 Å². The first-order valence-electron chi connectivity index (χ1n) is 6.30. The Morgan fingerprint density at radius 1 is 1.24 bits per heavy atom. The molecule has 1 fully saturated rings. The normalized spacial score (nSPS) is 17.2. The van der Waals surface area contributed by atoms with Gasteiger partial charge in [-0.2, -0.15) is 0 Å². The van der Waals surface area contributed by atoms with Crippen molar-refractivity contribution >= 4 is 29.6 Å². The summed E-state index contributed by atoms with van der Waals surface area (Å²) in [6.45, 7) is 4.75. The number of phenols is 1. The van der Waals surface area contributed by atoms with Gasteiger partial charge in [-0.05, 0) is 24.6 Å². The second-order valence-electron chi connectivity index (χ2n) is 5.23. The topological polar surface area (TPSA) is 72.8 Å². The van der Waals surface area contributed by atoms with Crippen molar-refractivity contribution in [2.45, 2.75) is 32.4 Å². The molecule has 5 nitrogen and oxygen atoms in total. The summed E-state index contributed by atoms with van der Waals surface area (Å²) >= 11 is 5.75. The van der Waals surface area contributed by atoms with E-state index in [2.05, 4.69) is 0 Å². The molecular weight excluding hydrogens is 296 g/mol. The number of ether oxygens (including phenoxy) is 2. The highest BCUT2D eigenvalue weighted by molar-refractivity contribution is 6.19. The second-order valence-corrected chi connectivity index (χ2v) is 5.50. The third-order valence-electron chi connectivity index (χ3n) is 2.92. The van der Waals surface area contributed by atoms with Gasteiger partial charge in [0.25, 0.3) is 5.79 Å². The molecule has 6 heteroatoms. The molecule has 1 heterocycles. The molecule has 1 aliphatic heterocycles. The molecule has 0 saturated carbocycles. The number of halogens is 1. The molecule has 0 bridgehead atoms. The predicted octanol–water partition coefficient (Wildman–Crippen LogP) is 2.66. The molecule has 0 aromatic heterocycles. The molecule has 2 rings (SSSR count). The molecule has 1 aliphatic rings. The summed E-state index contributed by atoms with van der Waals surface area (Å²) in [5, 5.41) is 10.1. The van der Waals surface area contributed by atoms with E-state index in [0.717, 1.165) is 5.56 Å². The summed E-state index contributed by atoms with van der Waals surface area (Å²) in [6.07, 6.45) is 1.25. The second kappa shape index (κ2) is 5.41. The molecule has 0 amide bonds. The van der Waals surface area contributed by atoms with Gasteiger partial charge in [-0.1, -0.05) is 6.07 Å². The zero-order valence-corrected chi connectivity index (χ0v) is 12.7. The number of aryl methyl sites for hydroxylation is 1. The average Bonchev–Trinajstić information content (AvgIpc) is 2.36. The van der Waals surface area contributed by atoms with Gasteiger partial charge >= 0.3 is 11.9 Å². The highest BCUT2D eigenvalue weighted by atomic mass is 35.5. The molecule has 1 aromatic rings. The van der Waals surface area contributed by atoms with Crippen LogP contribution in [-0.4, -0.2) is 22.8 Å². The Morgan fingerprint density at radius 3 is 2.33 bits per heavy atom. The molecule has 0 unspecified atom stereocenters. The number of alkyl halides is 1. The lowest BCUT2D eigenvalue weighted by Crippen LogP contribution is -2.41. The maximum atomic E-state index is 11.9. The number of hydrogen-bond acceptors (Lipinski definition) is 5. The summed E-state index contributed by atoms with van der Waals surface area (Å²) < 4.78 is 10.00. The number of phenolic OH excluding ortho intramolecular Hbond substituents is 1. The minimum atomic E-state index is -1.29. The van der Waals surface area contributed by atoms with Crippen LogP contribution in [0.5, 0.6) is 5.75 Å². The van der Waals surface area contributed by atoms with Gasteiger partial charge in [-0.25, -0.2) is 9.59 Å². The monoisotopic (exact) mass is 310 g/mol. The number of carbonyl (C=O) groups is 2. The number of cyclic esters (lactones) is 2. The van der Waals surface area contributed by atoms with E-state index in [4.69, 9.17) is 21.1 Å². The smallest absolute Gasteiger partial charge is 0.348 e. The number of rotatable bonds is 2. The van der Waals surface area contributed by atoms with Crippen molar-refractivity contribution in [1.29, 1.82) is 0 Å². The van der Waals surface area contributed by atoms with E-state index in [1.807, 2.05) is 6.92 Å². The van der Waals surface area contributed by atoms with Crippen LogP contribution in [0.1, 0.15) is 30.5 Å². The molecule has 1 saturated heterocycles. The predicted molar refractivity (Wildman–Crippen MR) is 76.6 cm³/mol. The lowest BCUT2D eigenvalue weighted by Gasteiger charge is -2.29. The number of carbonyl (C=O) groups excluding carboxylic acids is 2. The Bertz CT molecular complexity index is 624. The Kier molecular flexibility index (Phi) is 3.96. The van der Waals surface area contributed by atoms with Crippen molar-refractivity contribution in [1.82, 2.24) is 0 Å². The van der Waals surface area contributed by atoms with E-state index < -0.39 is 17.7 Å². The Labute approximate surface area is 127 Å². The lowest BCUT2D eigenvalue weighted by molar-refractivity contribution is -0.222. The summed E-state index contributed by atoms with van der Waals surface area (Å²) in [4.78, 5) is 23.8. The molecule has 0 spiro atoms. The number of benzene rings is 1. The first-order chi connectivity index (χ1) is 9.73. The van der Waals surface area contributed by atoms with Crippen LogP contribution in [0.15, 0.2) is 17.7 Å². The van der Waals surface area contributed by atoms with Gasteiger partial charge in [0.2, 0.25) is 0 Å². The zero-order chi connectivity index (χ0) is 15.8. The summed E-state index contributed by atoms with van der Waals surface area (Å²) in [5.74, 6) is -2.82. The molecule has 112 valence electrons. The van der Waals surface area contributed by atoms with Crippen molar-refractivity contribution in [3.8, 4) is 5.75 Å². The van der Waals surface area contributed by atoms with Crippen LogP contribution in [0, 0.1) is 6.92 Å². The maximum absolute atomic E-state index is 11.9. The molecule has 0 atom stereocenters. The first-order valence-corrected chi connectivity index (χ1v) is 6.84. The molecule has 21 heavy (non-hydrogen) atoms. The Balaban J connectivity index is 2.47. The van der Waals surface area contributed by atoms with Gasteiger partial charge < -0.3 is 14.6 Å². The number of esters is 2. The maximum Gasteiger partial charge on any atom is 0.348 e. The Morgan fingerprint density at radius 2 is 1.81 bits per heavy atom. The van der Waals surface area contributed by atoms with Crippen molar-refractivity contribution in [2.24, 2.45) is 0 Å². The highest BCUT2D eigenvalue weighted by Crippen LogP contribution is 2.30. The summed E-state index contributed by atoms with van der Waals surface area (Å²) in [7, 11) is 0. The van der Waals surface area contributed by atoms with Crippen molar-refractivity contribution in [3.05, 3.63) is 34.4 Å². The van der Waals surface area contributed by atoms with E-state index >= 15 is 0 Å². The number of hydrogen-bond donors (Lipinski definition) is 1. The van der Waals surface area contributed by atoms with Crippen molar-refractivity contribution in [2.75, 3.05) is 0 Å². The minimum absolute atomic E-state index is 0.0754. The standard InChI is InChI=1S/C15H15ClO5/c1-8-4-9(12(17)10(5-8)7-16)6-11-13(18)20-15(2,3)21-14(11)19/h4-6,17H,7H2,1-3H3. The van der Waals surface area contributed by atoms with Gasteiger partial charge in [0.15, 0.2) is 0 Å². The summed E-state index contributed by atoms with van der Waals surface area (Å²) in [5.41, 5.74) is 1.40. The van der Waals surface area contributed by atoms with Crippen molar-refractivity contribution in [3.63, 3.8) is 0 Å². The minimum Gasteiger partial charge on any atom is -0.507 e. The third-order valence-corrected chi connectivity index (χ3v) is 3.21. The van der Waals surface area contributed by atoms with Gasteiger partial charge in [0, 0.05) is 25.0 Å². The number of aromatic hydroxyl groups is 1. The van der Waals surface area contributed by atoms with E-state index in [-0.39, 0.29) is 17.2 Å². The average molecular weight is 311 g/mol. The Hall–Kier alpha value is -2.01. The lowest BCUT2D eigenvalue weighted by atomic mass is 10.0. The molecule has 0 aliphatic carbocycles. The van der Waals surface area contributed by atoms with E-state index in [0.29, 0.717) is 11.1 Å². The van der Waals surface area contributed by atoms with Crippen LogP contribution < -0.4 is 0 Å². The molecule has 1 aromatic carbocycles. The van der Waals surface area contributed by atoms with Crippen LogP contribution in [0.2, 0.25) is 0 Å². The summed E-state index contributed by atoms with van der Waals surface area (Å²) in [6, 6.07) is 3.36. The fourth-order valence-corrected chi connectivity index (χ4v) is 2.23. The van der Waals surface area contributed by atoms with Crippen LogP contribution in [0.3, 0.4) is 0 Å². The largest absolute Gasteiger partial charge is 0.507 e. The molecular formula is C15H15ClO5. The third kappa shape index (κ3) is 3.19. The SMILES string of the molecule is Cc1cc(C=C2C(=O)OC(C)(C)OC2=O)c(O)c(CCl)c1. The van der Waals surface area contributed by atoms with Gasteiger partial charge in [0.1, 0.15) is 11.3 Å². The van der Waals surface area contributed by atoms with Crippen LogP contribution in [0.4, 0.5) is 0 Å². The zero-order valence-electron chi connectivity index (χ0n) is 11.9.